The van der Waals surface area contributed by atoms with Crippen LogP contribution in [0.5, 0.6) is 0 Å². The fraction of sp³-hybridized carbons (Fsp3) is 0.0476. The Labute approximate surface area is 160 Å². The molecule has 0 saturated carbocycles. The van der Waals surface area contributed by atoms with E-state index >= 15 is 0 Å². The number of para-hydroxylation sites is 2. The van der Waals surface area contributed by atoms with Crippen molar-refractivity contribution in [3.05, 3.63) is 95.0 Å². The largest absolute Gasteiger partial charge is 0.349 e. The Balaban J connectivity index is 1.72. The van der Waals surface area contributed by atoms with Crippen molar-refractivity contribution < 1.29 is 9.63 Å². The van der Waals surface area contributed by atoms with Crippen molar-refractivity contribution in [2.45, 2.75) is 5.72 Å². The van der Waals surface area contributed by atoms with Gasteiger partial charge in [0, 0.05) is 16.3 Å². The van der Waals surface area contributed by atoms with E-state index in [1.165, 1.54) is 0 Å². The van der Waals surface area contributed by atoms with Crippen molar-refractivity contribution in [2.75, 3.05) is 10.2 Å². The van der Waals surface area contributed by atoms with Gasteiger partial charge in [-0.2, -0.15) is 0 Å². The van der Waals surface area contributed by atoms with Crippen LogP contribution < -0.4 is 10.2 Å². The van der Waals surface area contributed by atoms with Crippen LogP contribution in [0.4, 0.5) is 11.4 Å². The summed E-state index contributed by atoms with van der Waals surface area (Å²) in [6.07, 6.45) is 0. The van der Waals surface area contributed by atoms with Gasteiger partial charge >= 0.3 is 5.72 Å². The first-order valence-electron chi connectivity index (χ1n) is 8.48. The van der Waals surface area contributed by atoms with Crippen LogP contribution in [0.1, 0.15) is 11.1 Å². The molecular weight excluding hydrogens is 362 g/mol. The number of amidine groups is 1. The number of carbonyl (C=O) groups is 1. The van der Waals surface area contributed by atoms with Gasteiger partial charge in [-0.1, -0.05) is 53.2 Å². The van der Waals surface area contributed by atoms with Gasteiger partial charge in [-0.25, -0.2) is 0 Å². The molecule has 6 heteroatoms. The van der Waals surface area contributed by atoms with Gasteiger partial charge in [0.05, 0.1) is 11.3 Å². The first kappa shape index (κ1) is 15.9. The monoisotopic (exact) mass is 375 g/mol. The van der Waals surface area contributed by atoms with E-state index in [0.717, 1.165) is 22.5 Å². The molecule has 3 aromatic carbocycles. The number of halogens is 1. The van der Waals surface area contributed by atoms with Crippen LogP contribution in [0.3, 0.4) is 0 Å². The van der Waals surface area contributed by atoms with Gasteiger partial charge in [-0.05, 0) is 42.5 Å². The van der Waals surface area contributed by atoms with Crippen molar-refractivity contribution >= 4 is 34.7 Å². The smallest absolute Gasteiger partial charge is 0.322 e. The molecule has 0 aromatic heterocycles. The maximum atomic E-state index is 13.1. The minimum Gasteiger partial charge on any atom is -0.349 e. The van der Waals surface area contributed by atoms with E-state index in [1.807, 2.05) is 71.6 Å². The number of fused-ring (bicyclic) bond motifs is 2. The Bertz CT molecular complexity index is 1070. The van der Waals surface area contributed by atoms with Crippen molar-refractivity contribution in [3.63, 3.8) is 0 Å². The Morgan fingerprint density at radius 2 is 1.63 bits per heavy atom. The second-order valence-corrected chi connectivity index (χ2v) is 6.76. The zero-order valence-electron chi connectivity index (χ0n) is 14.1. The molecule has 0 saturated heterocycles. The molecule has 132 valence electrons. The zero-order chi connectivity index (χ0) is 18.4. The van der Waals surface area contributed by atoms with E-state index in [4.69, 9.17) is 16.4 Å². The summed E-state index contributed by atoms with van der Waals surface area (Å²) in [5.41, 5.74) is 1.67. The number of oxime groups is 1. The molecule has 27 heavy (non-hydrogen) atoms. The standard InChI is InChI=1S/C21H14ClN3O2/c22-15-12-10-14(11-13-15)19-24-27-21(25(19)16-6-2-1-3-7-16)17-8-4-5-9-18(17)23-20(21)26/h1-13H,(H,23,26). The molecule has 1 N–H and O–H groups in total. The third kappa shape index (κ3) is 2.25. The van der Waals surface area contributed by atoms with Gasteiger partial charge in [-0.3, -0.25) is 9.69 Å². The molecule has 1 atom stereocenters. The van der Waals surface area contributed by atoms with Gasteiger partial charge in [0.15, 0.2) is 5.84 Å². The Morgan fingerprint density at radius 1 is 0.926 bits per heavy atom. The van der Waals surface area contributed by atoms with Crippen LogP contribution in [-0.2, 0) is 15.4 Å². The lowest BCUT2D eigenvalue weighted by Crippen LogP contribution is -2.51. The van der Waals surface area contributed by atoms with Crippen molar-refractivity contribution in [3.8, 4) is 0 Å². The average Bonchev–Trinajstić information content (AvgIpc) is 3.23. The fourth-order valence-corrected chi connectivity index (χ4v) is 3.66. The van der Waals surface area contributed by atoms with Crippen LogP contribution >= 0.6 is 11.6 Å². The highest BCUT2D eigenvalue weighted by Gasteiger charge is 2.59. The third-order valence-electron chi connectivity index (χ3n) is 4.76. The molecule has 0 radical (unpaired) electrons. The molecule has 2 heterocycles. The lowest BCUT2D eigenvalue weighted by molar-refractivity contribution is -0.137. The molecule has 2 aliphatic rings. The predicted octanol–water partition coefficient (Wildman–Crippen LogP) is 4.34. The molecule has 5 rings (SSSR count). The maximum absolute atomic E-state index is 13.1. The van der Waals surface area contributed by atoms with Gasteiger partial charge in [0.25, 0.3) is 5.91 Å². The molecule has 3 aromatic rings. The number of carbonyl (C=O) groups excluding carboxylic acids is 1. The highest BCUT2D eigenvalue weighted by Crippen LogP contribution is 2.47. The van der Waals surface area contributed by atoms with E-state index in [9.17, 15) is 4.79 Å². The molecule has 0 bridgehead atoms. The topological polar surface area (TPSA) is 53.9 Å². The van der Waals surface area contributed by atoms with Gasteiger partial charge in [0.2, 0.25) is 0 Å². The highest BCUT2D eigenvalue weighted by atomic mass is 35.5. The molecule has 2 aliphatic heterocycles. The summed E-state index contributed by atoms with van der Waals surface area (Å²) in [4.78, 5) is 20.8. The molecule has 1 unspecified atom stereocenters. The van der Waals surface area contributed by atoms with Gasteiger partial charge in [-0.15, -0.1) is 0 Å². The third-order valence-corrected chi connectivity index (χ3v) is 5.01. The highest BCUT2D eigenvalue weighted by molar-refractivity contribution is 6.30. The Morgan fingerprint density at radius 3 is 2.41 bits per heavy atom. The first-order valence-corrected chi connectivity index (χ1v) is 8.86. The number of benzene rings is 3. The van der Waals surface area contributed by atoms with E-state index in [0.29, 0.717) is 10.9 Å². The van der Waals surface area contributed by atoms with E-state index in [-0.39, 0.29) is 5.91 Å². The van der Waals surface area contributed by atoms with Gasteiger partial charge < -0.3 is 10.2 Å². The van der Waals surface area contributed by atoms with Crippen molar-refractivity contribution in [2.24, 2.45) is 5.16 Å². The Kier molecular flexibility index (Phi) is 3.45. The summed E-state index contributed by atoms with van der Waals surface area (Å²) in [6, 6.07) is 24.4. The number of amides is 1. The van der Waals surface area contributed by atoms with Crippen molar-refractivity contribution in [1.82, 2.24) is 0 Å². The Hall–Kier alpha value is -3.31. The quantitative estimate of drug-likeness (QED) is 0.724. The minimum atomic E-state index is -1.38. The van der Waals surface area contributed by atoms with E-state index in [2.05, 4.69) is 10.5 Å². The second-order valence-electron chi connectivity index (χ2n) is 6.33. The normalized spacial score (nSPS) is 20.3. The SMILES string of the molecule is O=C1Nc2ccccc2C12ON=C(c1ccc(Cl)cc1)N2c1ccccc1. The molecule has 1 amide bonds. The summed E-state index contributed by atoms with van der Waals surface area (Å²) in [5, 5.41) is 7.86. The molecular formula is C21H14ClN3O2. The maximum Gasteiger partial charge on any atom is 0.322 e. The summed E-state index contributed by atoms with van der Waals surface area (Å²) in [7, 11) is 0. The fourth-order valence-electron chi connectivity index (χ4n) is 3.53. The summed E-state index contributed by atoms with van der Waals surface area (Å²) in [6.45, 7) is 0. The van der Waals surface area contributed by atoms with Crippen molar-refractivity contribution in [1.29, 1.82) is 0 Å². The lowest BCUT2D eigenvalue weighted by Gasteiger charge is -2.32. The molecule has 0 fully saturated rings. The van der Waals surface area contributed by atoms with Crippen LogP contribution in [0.25, 0.3) is 0 Å². The number of rotatable bonds is 2. The molecule has 0 aliphatic carbocycles. The number of nitrogens with one attached hydrogen (secondary N) is 1. The molecule has 1 spiro atoms. The van der Waals surface area contributed by atoms with E-state index in [1.54, 1.807) is 12.1 Å². The average molecular weight is 376 g/mol. The molecule has 5 nitrogen and oxygen atoms in total. The lowest BCUT2D eigenvalue weighted by atomic mass is 10.00. The number of anilines is 2. The van der Waals surface area contributed by atoms with Crippen LogP contribution in [0, 0.1) is 0 Å². The predicted molar refractivity (Wildman–Crippen MR) is 105 cm³/mol. The number of hydrogen-bond acceptors (Lipinski definition) is 4. The second kappa shape index (κ2) is 5.86. The van der Waals surface area contributed by atoms with Crippen LogP contribution in [0.2, 0.25) is 5.02 Å². The van der Waals surface area contributed by atoms with Crippen LogP contribution in [-0.4, -0.2) is 11.7 Å². The van der Waals surface area contributed by atoms with Crippen LogP contribution in [0.15, 0.2) is 84.0 Å². The minimum absolute atomic E-state index is 0.278. The van der Waals surface area contributed by atoms with E-state index < -0.39 is 5.72 Å². The number of hydrogen-bond donors (Lipinski definition) is 1. The summed E-state index contributed by atoms with van der Waals surface area (Å²) >= 11 is 6.03. The zero-order valence-corrected chi connectivity index (χ0v) is 14.9. The first-order chi connectivity index (χ1) is 13.2. The van der Waals surface area contributed by atoms with Gasteiger partial charge in [0.1, 0.15) is 0 Å². The number of nitrogens with zero attached hydrogens (tertiary/aromatic N) is 2. The summed E-state index contributed by atoms with van der Waals surface area (Å²) < 4.78 is 0. The summed E-state index contributed by atoms with van der Waals surface area (Å²) in [5.74, 6) is 0.269.